The van der Waals surface area contributed by atoms with E-state index in [1.807, 2.05) is 0 Å². The maximum atomic E-state index is 5.47. The number of ether oxygens (including phenoxy) is 1. The van der Waals surface area contributed by atoms with E-state index in [4.69, 9.17) is 16.3 Å². The lowest BCUT2D eigenvalue weighted by atomic mass is 10.2. The summed E-state index contributed by atoms with van der Waals surface area (Å²) in [6.07, 6.45) is 0. The number of halogens is 1. The fraction of sp³-hybridized carbons (Fsp3) is 0.778. The van der Waals surface area contributed by atoms with Crippen molar-refractivity contribution in [2.45, 2.75) is 19.8 Å². The van der Waals surface area contributed by atoms with E-state index in [1.165, 1.54) is 11.5 Å². The Hall–Kier alpha value is -0.390. The largest absolute Gasteiger partial charge is 0.378 e. The molecule has 0 aliphatic carbocycles. The SMILES string of the molecule is CC(C)c1nsc(NCCOCCCl)n1. The number of rotatable bonds is 7. The average Bonchev–Trinajstić information content (AvgIpc) is 2.66. The van der Waals surface area contributed by atoms with Gasteiger partial charge < -0.3 is 10.1 Å². The number of nitrogens with one attached hydrogen (secondary N) is 1. The lowest BCUT2D eigenvalue weighted by molar-refractivity contribution is 0.160. The van der Waals surface area contributed by atoms with Crippen molar-refractivity contribution in [2.24, 2.45) is 0 Å². The smallest absolute Gasteiger partial charge is 0.202 e. The maximum Gasteiger partial charge on any atom is 0.202 e. The van der Waals surface area contributed by atoms with Gasteiger partial charge in [-0.2, -0.15) is 4.37 Å². The van der Waals surface area contributed by atoms with Crippen LogP contribution in [0.5, 0.6) is 0 Å². The highest BCUT2D eigenvalue weighted by molar-refractivity contribution is 7.09. The van der Waals surface area contributed by atoms with E-state index in [9.17, 15) is 0 Å². The van der Waals surface area contributed by atoms with Gasteiger partial charge in [0.05, 0.1) is 13.2 Å². The van der Waals surface area contributed by atoms with E-state index in [-0.39, 0.29) is 0 Å². The van der Waals surface area contributed by atoms with Gasteiger partial charge in [0.25, 0.3) is 0 Å². The van der Waals surface area contributed by atoms with Gasteiger partial charge in [-0.15, -0.1) is 11.6 Å². The second-order valence-corrected chi connectivity index (χ2v) is 4.47. The van der Waals surface area contributed by atoms with Gasteiger partial charge in [0.1, 0.15) is 5.82 Å². The Morgan fingerprint density at radius 2 is 2.27 bits per heavy atom. The highest BCUT2D eigenvalue weighted by Gasteiger charge is 2.06. The van der Waals surface area contributed by atoms with Crippen LogP contribution in [-0.2, 0) is 4.74 Å². The highest BCUT2D eigenvalue weighted by Crippen LogP contribution is 2.16. The second-order valence-electron chi connectivity index (χ2n) is 3.34. The molecule has 0 aromatic carbocycles. The molecule has 0 radical (unpaired) electrons. The van der Waals surface area contributed by atoms with Crippen molar-refractivity contribution in [3.05, 3.63) is 5.82 Å². The summed E-state index contributed by atoms with van der Waals surface area (Å²) in [6.45, 7) is 6.13. The van der Waals surface area contributed by atoms with E-state index in [1.54, 1.807) is 0 Å². The average molecular weight is 250 g/mol. The number of alkyl halides is 1. The van der Waals surface area contributed by atoms with Crippen LogP contribution in [0.1, 0.15) is 25.6 Å². The van der Waals surface area contributed by atoms with Crippen LogP contribution < -0.4 is 5.32 Å². The molecule has 0 bridgehead atoms. The fourth-order valence-corrected chi connectivity index (χ4v) is 1.77. The van der Waals surface area contributed by atoms with Gasteiger partial charge >= 0.3 is 0 Å². The number of aromatic nitrogens is 2. The van der Waals surface area contributed by atoms with E-state index in [2.05, 4.69) is 28.5 Å². The van der Waals surface area contributed by atoms with Gasteiger partial charge in [-0.1, -0.05) is 13.8 Å². The number of hydrogen-bond donors (Lipinski definition) is 1. The predicted molar refractivity (Wildman–Crippen MR) is 64.0 cm³/mol. The van der Waals surface area contributed by atoms with Gasteiger partial charge in [0.15, 0.2) is 0 Å². The molecular weight excluding hydrogens is 234 g/mol. The lowest BCUT2D eigenvalue weighted by Gasteiger charge is -2.02. The van der Waals surface area contributed by atoms with Crippen LogP contribution in [0.25, 0.3) is 0 Å². The Balaban J connectivity index is 2.20. The fourth-order valence-electron chi connectivity index (χ4n) is 0.928. The van der Waals surface area contributed by atoms with Crippen molar-refractivity contribution in [3.63, 3.8) is 0 Å². The zero-order valence-electron chi connectivity index (χ0n) is 8.99. The summed E-state index contributed by atoms with van der Waals surface area (Å²) in [7, 11) is 0. The first kappa shape index (κ1) is 12.7. The van der Waals surface area contributed by atoms with Crippen LogP contribution in [-0.4, -0.2) is 35.0 Å². The Bertz CT molecular complexity index is 280. The summed E-state index contributed by atoms with van der Waals surface area (Å²) in [5, 5.41) is 4.01. The molecule has 0 saturated heterocycles. The molecule has 0 spiro atoms. The highest BCUT2D eigenvalue weighted by atomic mass is 35.5. The topological polar surface area (TPSA) is 47.0 Å². The Morgan fingerprint density at radius 1 is 1.47 bits per heavy atom. The molecule has 0 amide bonds. The van der Waals surface area contributed by atoms with Gasteiger partial charge in [-0.3, -0.25) is 0 Å². The molecule has 4 nitrogen and oxygen atoms in total. The molecule has 1 N–H and O–H groups in total. The zero-order chi connectivity index (χ0) is 11.1. The first-order chi connectivity index (χ1) is 7.24. The third-order valence-corrected chi connectivity index (χ3v) is 2.54. The Morgan fingerprint density at radius 3 is 2.87 bits per heavy atom. The summed E-state index contributed by atoms with van der Waals surface area (Å²) in [5.74, 6) is 1.81. The van der Waals surface area contributed by atoms with Crippen molar-refractivity contribution in [3.8, 4) is 0 Å². The van der Waals surface area contributed by atoms with Crippen LogP contribution in [0.2, 0.25) is 0 Å². The minimum atomic E-state index is 0.379. The van der Waals surface area contributed by atoms with Crippen LogP contribution in [0, 0.1) is 0 Å². The first-order valence-corrected chi connectivity index (χ1v) is 6.26. The Labute approximate surface area is 99.2 Å². The summed E-state index contributed by atoms with van der Waals surface area (Å²) in [4.78, 5) is 4.34. The number of anilines is 1. The van der Waals surface area contributed by atoms with Crippen LogP contribution >= 0.6 is 23.1 Å². The molecule has 1 heterocycles. The van der Waals surface area contributed by atoms with Crippen LogP contribution in [0.4, 0.5) is 5.13 Å². The summed E-state index contributed by atoms with van der Waals surface area (Å²) in [5.41, 5.74) is 0. The third-order valence-electron chi connectivity index (χ3n) is 1.70. The summed E-state index contributed by atoms with van der Waals surface area (Å²) < 4.78 is 9.46. The lowest BCUT2D eigenvalue weighted by Crippen LogP contribution is -2.10. The monoisotopic (exact) mass is 249 g/mol. The summed E-state index contributed by atoms with van der Waals surface area (Å²) >= 11 is 6.86. The molecule has 0 aliphatic rings. The van der Waals surface area contributed by atoms with E-state index < -0.39 is 0 Å². The Kier molecular flexibility index (Phi) is 5.90. The quantitative estimate of drug-likeness (QED) is 0.595. The predicted octanol–water partition coefficient (Wildman–Crippen LogP) is 2.33. The van der Waals surface area contributed by atoms with Crippen molar-refractivity contribution >= 4 is 28.3 Å². The molecule has 6 heteroatoms. The van der Waals surface area contributed by atoms with E-state index >= 15 is 0 Å². The van der Waals surface area contributed by atoms with Crippen molar-refractivity contribution < 1.29 is 4.74 Å². The third kappa shape index (κ3) is 4.77. The molecule has 0 saturated carbocycles. The number of nitrogens with zero attached hydrogens (tertiary/aromatic N) is 2. The summed E-state index contributed by atoms with van der Waals surface area (Å²) in [6, 6.07) is 0. The normalized spacial score (nSPS) is 10.9. The molecule has 86 valence electrons. The minimum absolute atomic E-state index is 0.379. The van der Waals surface area contributed by atoms with Crippen LogP contribution in [0.15, 0.2) is 0 Å². The van der Waals surface area contributed by atoms with Crippen molar-refractivity contribution in [2.75, 3.05) is 31.0 Å². The van der Waals surface area contributed by atoms with E-state index in [0.717, 1.165) is 17.5 Å². The van der Waals surface area contributed by atoms with Crippen molar-refractivity contribution in [1.29, 1.82) is 0 Å². The van der Waals surface area contributed by atoms with Gasteiger partial charge in [-0.05, 0) is 0 Å². The standard InChI is InChI=1S/C9H16ClN3OS/c1-7(2)8-12-9(15-13-8)11-4-6-14-5-3-10/h7H,3-6H2,1-2H3,(H,11,12,13). The van der Waals surface area contributed by atoms with Crippen LogP contribution in [0.3, 0.4) is 0 Å². The molecular formula is C9H16ClN3OS. The molecule has 0 fully saturated rings. The zero-order valence-corrected chi connectivity index (χ0v) is 10.6. The number of hydrogen-bond acceptors (Lipinski definition) is 5. The molecule has 0 aliphatic heterocycles. The minimum Gasteiger partial charge on any atom is -0.378 e. The molecule has 0 atom stereocenters. The van der Waals surface area contributed by atoms with Gasteiger partial charge in [-0.25, -0.2) is 4.98 Å². The van der Waals surface area contributed by atoms with Gasteiger partial charge in [0.2, 0.25) is 5.13 Å². The molecule has 15 heavy (non-hydrogen) atoms. The molecule has 1 aromatic heterocycles. The van der Waals surface area contributed by atoms with Gasteiger partial charge in [0, 0.05) is 29.9 Å². The molecule has 1 aromatic rings. The van der Waals surface area contributed by atoms with Crippen molar-refractivity contribution in [1.82, 2.24) is 9.36 Å². The first-order valence-electron chi connectivity index (χ1n) is 4.95. The molecule has 1 rings (SSSR count). The van der Waals surface area contributed by atoms with E-state index in [0.29, 0.717) is 25.0 Å². The second kappa shape index (κ2) is 6.98. The molecule has 0 unspecified atom stereocenters. The maximum absolute atomic E-state index is 5.47.